The lowest BCUT2D eigenvalue weighted by atomic mass is 10.2. The minimum atomic E-state index is 0.516. The average Bonchev–Trinajstić information content (AvgIpc) is 2.34. The third-order valence-electron chi connectivity index (χ3n) is 2.54. The van der Waals surface area contributed by atoms with E-state index < -0.39 is 0 Å². The van der Waals surface area contributed by atoms with Crippen molar-refractivity contribution in [3.05, 3.63) is 18.2 Å². The highest BCUT2D eigenvalue weighted by atomic mass is 16.5. The van der Waals surface area contributed by atoms with Gasteiger partial charge in [0.2, 0.25) is 0 Å². The molecule has 4 nitrogen and oxygen atoms in total. The lowest BCUT2D eigenvalue weighted by Crippen LogP contribution is -2.23. The van der Waals surface area contributed by atoms with Crippen LogP contribution in [0.4, 0.5) is 11.4 Å². The van der Waals surface area contributed by atoms with E-state index in [1.807, 2.05) is 25.1 Å². The maximum Gasteiger partial charge on any atom is 0.144 e. The molecule has 0 aliphatic rings. The first kappa shape index (κ1) is 13.2. The molecule has 4 heteroatoms. The average molecular weight is 233 g/mol. The molecule has 0 heterocycles. The van der Waals surface area contributed by atoms with E-state index in [9.17, 15) is 0 Å². The van der Waals surface area contributed by atoms with E-state index in [4.69, 9.17) is 15.7 Å². The number of anilines is 2. The third kappa shape index (κ3) is 3.56. The Labute approximate surface area is 103 Å². The van der Waals surface area contributed by atoms with E-state index in [2.05, 4.69) is 17.9 Å². The molecule has 0 amide bonds. The van der Waals surface area contributed by atoms with Crippen molar-refractivity contribution in [2.24, 2.45) is 0 Å². The highest BCUT2D eigenvalue weighted by Gasteiger charge is 2.07. The van der Waals surface area contributed by atoms with E-state index in [1.54, 1.807) is 0 Å². The summed E-state index contributed by atoms with van der Waals surface area (Å²) >= 11 is 0. The second-order valence-electron chi connectivity index (χ2n) is 3.64. The van der Waals surface area contributed by atoms with Crippen LogP contribution in [0.1, 0.15) is 20.3 Å². The van der Waals surface area contributed by atoms with Gasteiger partial charge in [-0.15, -0.1) is 0 Å². The molecule has 17 heavy (non-hydrogen) atoms. The molecule has 0 bridgehead atoms. The van der Waals surface area contributed by atoms with Crippen LogP contribution >= 0.6 is 0 Å². The topological polar surface area (TPSA) is 62.3 Å². The van der Waals surface area contributed by atoms with Crippen LogP contribution in [0.5, 0.6) is 5.75 Å². The summed E-state index contributed by atoms with van der Waals surface area (Å²) in [5.41, 5.74) is 7.51. The lowest BCUT2D eigenvalue weighted by molar-refractivity contribution is 0.342. The fourth-order valence-electron chi connectivity index (χ4n) is 1.65. The molecule has 1 aromatic rings. The fourth-order valence-corrected chi connectivity index (χ4v) is 1.65. The monoisotopic (exact) mass is 233 g/mol. The highest BCUT2D eigenvalue weighted by Crippen LogP contribution is 2.27. The number of ether oxygens (including phenoxy) is 1. The predicted octanol–water partition coefficient (Wildman–Crippen LogP) is 2.41. The van der Waals surface area contributed by atoms with Gasteiger partial charge in [0.25, 0.3) is 0 Å². The first-order chi connectivity index (χ1) is 8.22. The summed E-state index contributed by atoms with van der Waals surface area (Å²) in [6.45, 7) is 6.17. The number of hydrogen-bond acceptors (Lipinski definition) is 4. The van der Waals surface area contributed by atoms with Gasteiger partial charge in [0.05, 0.1) is 24.8 Å². The Morgan fingerprint density at radius 1 is 1.41 bits per heavy atom. The zero-order chi connectivity index (χ0) is 12.7. The van der Waals surface area contributed by atoms with E-state index in [1.165, 1.54) is 0 Å². The maximum atomic E-state index is 8.62. The quantitative estimate of drug-likeness (QED) is 0.766. The van der Waals surface area contributed by atoms with E-state index in [0.717, 1.165) is 18.8 Å². The van der Waals surface area contributed by atoms with Gasteiger partial charge in [0.15, 0.2) is 0 Å². The first-order valence-electron chi connectivity index (χ1n) is 5.87. The molecular formula is C13H19N3O. The molecule has 0 aromatic heterocycles. The van der Waals surface area contributed by atoms with E-state index in [0.29, 0.717) is 24.5 Å². The van der Waals surface area contributed by atoms with Gasteiger partial charge in [-0.2, -0.15) is 5.26 Å². The number of nitrogens with two attached hydrogens (primary N) is 1. The van der Waals surface area contributed by atoms with Crippen molar-refractivity contribution >= 4 is 11.4 Å². The SMILES string of the molecule is CCOc1cc(N(CC)CCC#N)ccc1N. The normalized spacial score (nSPS) is 9.71. The summed E-state index contributed by atoms with van der Waals surface area (Å²) in [6, 6.07) is 7.89. The van der Waals surface area contributed by atoms with Crippen LogP contribution in [-0.4, -0.2) is 19.7 Å². The number of nitriles is 1. The Morgan fingerprint density at radius 2 is 2.18 bits per heavy atom. The minimum Gasteiger partial charge on any atom is -0.492 e. The highest BCUT2D eigenvalue weighted by molar-refractivity contribution is 5.62. The molecule has 0 aliphatic heterocycles. The number of rotatable bonds is 6. The zero-order valence-electron chi connectivity index (χ0n) is 10.4. The lowest BCUT2D eigenvalue weighted by Gasteiger charge is -2.22. The predicted molar refractivity (Wildman–Crippen MR) is 70.1 cm³/mol. The standard InChI is InChI=1S/C13H19N3O/c1-3-16(9-5-8-14)11-6-7-12(15)13(10-11)17-4-2/h6-7,10H,3-5,9,15H2,1-2H3. The molecule has 0 saturated heterocycles. The minimum absolute atomic E-state index is 0.516. The van der Waals surface area contributed by atoms with Crippen LogP contribution in [0, 0.1) is 11.3 Å². The number of nitrogen functional groups attached to an aromatic ring is 1. The van der Waals surface area contributed by atoms with Gasteiger partial charge in [0, 0.05) is 24.8 Å². The molecule has 0 radical (unpaired) electrons. The summed E-state index contributed by atoms with van der Waals surface area (Å²) < 4.78 is 5.46. The summed E-state index contributed by atoms with van der Waals surface area (Å²) in [7, 11) is 0. The zero-order valence-corrected chi connectivity index (χ0v) is 10.4. The van der Waals surface area contributed by atoms with Crippen LogP contribution in [-0.2, 0) is 0 Å². The van der Waals surface area contributed by atoms with Crippen molar-refractivity contribution in [2.45, 2.75) is 20.3 Å². The fraction of sp³-hybridized carbons (Fsp3) is 0.462. The molecule has 0 saturated carbocycles. The third-order valence-corrected chi connectivity index (χ3v) is 2.54. The Kier molecular flexibility index (Phi) is 5.15. The molecule has 0 fully saturated rings. The van der Waals surface area contributed by atoms with E-state index >= 15 is 0 Å². The van der Waals surface area contributed by atoms with Gasteiger partial charge in [-0.25, -0.2) is 0 Å². The van der Waals surface area contributed by atoms with Gasteiger partial charge >= 0.3 is 0 Å². The number of hydrogen-bond donors (Lipinski definition) is 1. The number of benzene rings is 1. The summed E-state index contributed by atoms with van der Waals surface area (Å²) in [4.78, 5) is 2.13. The van der Waals surface area contributed by atoms with Gasteiger partial charge in [0.1, 0.15) is 5.75 Å². The van der Waals surface area contributed by atoms with Crippen LogP contribution in [0.25, 0.3) is 0 Å². The van der Waals surface area contributed by atoms with Crippen molar-refractivity contribution in [2.75, 3.05) is 30.3 Å². The van der Waals surface area contributed by atoms with Crippen molar-refractivity contribution in [1.29, 1.82) is 5.26 Å². The van der Waals surface area contributed by atoms with Gasteiger partial charge in [-0.1, -0.05) is 0 Å². The molecule has 0 unspecified atom stereocenters. The molecule has 1 aromatic carbocycles. The second-order valence-corrected chi connectivity index (χ2v) is 3.64. The van der Waals surface area contributed by atoms with Crippen LogP contribution in [0.2, 0.25) is 0 Å². The van der Waals surface area contributed by atoms with Crippen molar-refractivity contribution in [3.8, 4) is 11.8 Å². The van der Waals surface area contributed by atoms with Gasteiger partial charge < -0.3 is 15.4 Å². The molecular weight excluding hydrogens is 214 g/mol. The van der Waals surface area contributed by atoms with Crippen LogP contribution < -0.4 is 15.4 Å². The van der Waals surface area contributed by atoms with Crippen LogP contribution in [0.15, 0.2) is 18.2 Å². The van der Waals surface area contributed by atoms with Gasteiger partial charge in [-0.05, 0) is 26.0 Å². The first-order valence-corrected chi connectivity index (χ1v) is 5.87. The largest absolute Gasteiger partial charge is 0.492 e. The summed E-state index contributed by atoms with van der Waals surface area (Å²) in [5.74, 6) is 0.709. The Morgan fingerprint density at radius 3 is 2.76 bits per heavy atom. The molecule has 2 N–H and O–H groups in total. The van der Waals surface area contributed by atoms with E-state index in [-0.39, 0.29) is 0 Å². The molecule has 0 atom stereocenters. The maximum absolute atomic E-state index is 8.62. The summed E-state index contributed by atoms with van der Waals surface area (Å²) in [6.07, 6.45) is 0.516. The second kappa shape index (κ2) is 6.64. The van der Waals surface area contributed by atoms with Gasteiger partial charge in [-0.3, -0.25) is 0 Å². The summed E-state index contributed by atoms with van der Waals surface area (Å²) in [5, 5.41) is 8.62. The molecule has 1 rings (SSSR count). The Hall–Kier alpha value is -1.89. The van der Waals surface area contributed by atoms with Crippen molar-refractivity contribution in [1.82, 2.24) is 0 Å². The Bertz CT molecular complexity index is 398. The van der Waals surface area contributed by atoms with Crippen molar-refractivity contribution in [3.63, 3.8) is 0 Å². The van der Waals surface area contributed by atoms with Crippen LogP contribution in [0.3, 0.4) is 0 Å². The van der Waals surface area contributed by atoms with Crippen molar-refractivity contribution < 1.29 is 4.74 Å². The smallest absolute Gasteiger partial charge is 0.144 e. The Balaban J connectivity index is 2.88. The number of nitrogens with zero attached hydrogens (tertiary/aromatic N) is 2. The molecule has 0 spiro atoms. The molecule has 0 aliphatic carbocycles. The molecule has 92 valence electrons.